The fourth-order valence-electron chi connectivity index (χ4n) is 1.25. The van der Waals surface area contributed by atoms with Gasteiger partial charge in [-0.2, -0.15) is 0 Å². The first-order valence-electron chi connectivity index (χ1n) is 4.98. The first-order chi connectivity index (χ1) is 8.33. The van der Waals surface area contributed by atoms with Crippen LogP contribution in [0, 0.1) is 5.82 Å². The van der Waals surface area contributed by atoms with Crippen LogP contribution in [0.5, 0.6) is 5.75 Å². The third kappa shape index (κ3) is 4.52. The van der Waals surface area contributed by atoms with Gasteiger partial charge in [0.2, 0.25) is 0 Å². The summed E-state index contributed by atoms with van der Waals surface area (Å²) in [4.78, 5) is 11.5. The third-order valence-electron chi connectivity index (χ3n) is 2.02. The lowest BCUT2D eigenvalue weighted by molar-refractivity contribution is -0.275. The Bertz CT molecular complexity index is 432. The lowest BCUT2D eigenvalue weighted by Gasteiger charge is -2.10. The van der Waals surface area contributed by atoms with E-state index in [-0.39, 0.29) is 17.9 Å². The first-order valence-corrected chi connectivity index (χ1v) is 5.51. The summed E-state index contributed by atoms with van der Waals surface area (Å²) in [5, 5.41) is 0. The molecule has 0 saturated carbocycles. The highest BCUT2D eigenvalue weighted by Crippen LogP contribution is 2.26. The Morgan fingerprint density at radius 1 is 1.33 bits per heavy atom. The summed E-state index contributed by atoms with van der Waals surface area (Å²) in [6, 6.07) is 2.60. The van der Waals surface area contributed by atoms with Crippen LogP contribution in [0.15, 0.2) is 18.2 Å². The van der Waals surface area contributed by atoms with E-state index in [0.29, 0.717) is 6.42 Å². The predicted molar refractivity (Wildman–Crippen MR) is 57.4 cm³/mol. The molecule has 18 heavy (non-hydrogen) atoms. The molecule has 0 radical (unpaired) electrons. The molecular formula is C11H9ClF4O2. The Hall–Kier alpha value is -1.30. The third-order valence-corrected chi connectivity index (χ3v) is 2.28. The molecule has 0 bridgehead atoms. The second kappa shape index (κ2) is 6.04. The predicted octanol–water partition coefficient (Wildman–Crippen LogP) is 3.93. The van der Waals surface area contributed by atoms with Gasteiger partial charge in [0.25, 0.3) is 0 Å². The highest BCUT2D eigenvalue weighted by atomic mass is 35.5. The quantitative estimate of drug-likeness (QED) is 0.465. The fourth-order valence-corrected chi connectivity index (χ4v) is 1.39. The molecule has 0 heterocycles. The average molecular weight is 285 g/mol. The topological polar surface area (TPSA) is 26.3 Å². The van der Waals surface area contributed by atoms with Crippen molar-refractivity contribution in [3.05, 3.63) is 29.6 Å². The number of ether oxygens (including phenoxy) is 1. The van der Waals surface area contributed by atoms with Gasteiger partial charge in [0, 0.05) is 17.9 Å². The van der Waals surface area contributed by atoms with Crippen molar-refractivity contribution in [2.75, 3.05) is 5.88 Å². The number of carbonyl (C=O) groups excluding carboxylic acids is 1. The van der Waals surface area contributed by atoms with Gasteiger partial charge in [0.1, 0.15) is 0 Å². The molecule has 0 saturated heterocycles. The number of alkyl halides is 4. The van der Waals surface area contributed by atoms with Crippen molar-refractivity contribution in [1.29, 1.82) is 0 Å². The molecule has 0 atom stereocenters. The van der Waals surface area contributed by atoms with E-state index in [2.05, 4.69) is 4.74 Å². The van der Waals surface area contributed by atoms with Gasteiger partial charge >= 0.3 is 6.36 Å². The molecule has 0 aromatic heterocycles. The molecule has 0 aliphatic carbocycles. The van der Waals surface area contributed by atoms with Crippen molar-refractivity contribution in [2.45, 2.75) is 19.2 Å². The Labute approximate surface area is 105 Å². The van der Waals surface area contributed by atoms with Crippen LogP contribution in [0.1, 0.15) is 23.2 Å². The van der Waals surface area contributed by atoms with Crippen LogP contribution in [-0.4, -0.2) is 18.0 Å². The van der Waals surface area contributed by atoms with E-state index < -0.39 is 23.7 Å². The van der Waals surface area contributed by atoms with Crippen molar-refractivity contribution in [3.8, 4) is 5.75 Å². The number of hydrogen-bond donors (Lipinski definition) is 0. The Morgan fingerprint density at radius 2 is 2.00 bits per heavy atom. The maximum absolute atomic E-state index is 13.1. The van der Waals surface area contributed by atoms with Crippen LogP contribution in [0.25, 0.3) is 0 Å². The normalized spacial score (nSPS) is 11.4. The zero-order chi connectivity index (χ0) is 13.8. The van der Waals surface area contributed by atoms with Crippen molar-refractivity contribution >= 4 is 17.4 Å². The molecule has 0 amide bonds. The van der Waals surface area contributed by atoms with Crippen molar-refractivity contribution < 1.29 is 27.1 Å². The number of ketones is 1. The van der Waals surface area contributed by atoms with E-state index in [1.807, 2.05) is 0 Å². The molecule has 1 rings (SSSR count). The van der Waals surface area contributed by atoms with Crippen LogP contribution >= 0.6 is 11.6 Å². The molecule has 1 aromatic rings. The molecule has 7 heteroatoms. The Balaban J connectivity index is 2.90. The van der Waals surface area contributed by atoms with Crippen molar-refractivity contribution in [3.63, 3.8) is 0 Å². The summed E-state index contributed by atoms with van der Waals surface area (Å²) < 4.78 is 52.4. The second-order valence-corrected chi connectivity index (χ2v) is 3.79. The molecule has 0 spiro atoms. The van der Waals surface area contributed by atoms with E-state index >= 15 is 0 Å². The number of halogens is 5. The summed E-state index contributed by atoms with van der Waals surface area (Å²) in [5.74, 6) is -2.35. The Morgan fingerprint density at radius 3 is 2.56 bits per heavy atom. The lowest BCUT2D eigenvalue weighted by Crippen LogP contribution is -2.18. The van der Waals surface area contributed by atoms with E-state index in [4.69, 9.17) is 11.6 Å². The van der Waals surface area contributed by atoms with Crippen LogP contribution in [-0.2, 0) is 0 Å². The van der Waals surface area contributed by atoms with Gasteiger partial charge in [0.15, 0.2) is 17.3 Å². The maximum Gasteiger partial charge on any atom is 0.573 e. The number of carbonyl (C=O) groups is 1. The van der Waals surface area contributed by atoms with Gasteiger partial charge in [-0.25, -0.2) is 4.39 Å². The van der Waals surface area contributed by atoms with Crippen molar-refractivity contribution in [1.82, 2.24) is 0 Å². The average Bonchev–Trinajstić information content (AvgIpc) is 2.27. The molecule has 0 fully saturated rings. The van der Waals surface area contributed by atoms with E-state index in [1.54, 1.807) is 0 Å². The molecule has 0 unspecified atom stereocenters. The molecule has 0 aliphatic rings. The minimum absolute atomic E-state index is 0.0410. The van der Waals surface area contributed by atoms with Crippen LogP contribution in [0.4, 0.5) is 17.6 Å². The smallest absolute Gasteiger partial charge is 0.403 e. The number of hydrogen-bond acceptors (Lipinski definition) is 2. The second-order valence-electron chi connectivity index (χ2n) is 3.41. The van der Waals surface area contributed by atoms with Gasteiger partial charge in [-0.1, -0.05) is 0 Å². The molecule has 0 N–H and O–H groups in total. The van der Waals surface area contributed by atoms with Crippen molar-refractivity contribution in [2.24, 2.45) is 0 Å². The molecule has 100 valence electrons. The Kier molecular flexibility index (Phi) is 4.95. The van der Waals surface area contributed by atoms with Gasteiger partial charge in [-0.3, -0.25) is 4.79 Å². The lowest BCUT2D eigenvalue weighted by atomic mass is 10.1. The summed E-state index contributed by atoms with van der Waals surface area (Å²) >= 11 is 5.39. The highest BCUT2D eigenvalue weighted by Gasteiger charge is 2.32. The van der Waals surface area contributed by atoms with Gasteiger partial charge in [-0.15, -0.1) is 24.8 Å². The minimum atomic E-state index is -5.00. The number of rotatable bonds is 5. The zero-order valence-electron chi connectivity index (χ0n) is 9.06. The zero-order valence-corrected chi connectivity index (χ0v) is 9.82. The van der Waals surface area contributed by atoms with Gasteiger partial charge in [-0.05, 0) is 24.6 Å². The first kappa shape index (κ1) is 14.8. The SMILES string of the molecule is O=C(CCCCl)c1ccc(F)c(OC(F)(F)F)c1. The van der Waals surface area contributed by atoms with Crippen LogP contribution < -0.4 is 4.74 Å². The van der Waals surface area contributed by atoms with Gasteiger partial charge < -0.3 is 4.74 Å². The summed E-state index contributed by atoms with van der Waals surface area (Å²) in [7, 11) is 0. The summed E-state index contributed by atoms with van der Waals surface area (Å²) in [6.45, 7) is 0. The summed E-state index contributed by atoms with van der Waals surface area (Å²) in [6.07, 6.45) is -4.52. The molecule has 2 nitrogen and oxygen atoms in total. The number of Topliss-reactive ketones (excluding diaryl/α,β-unsaturated/α-hetero) is 1. The monoisotopic (exact) mass is 284 g/mol. The van der Waals surface area contributed by atoms with Gasteiger partial charge in [0.05, 0.1) is 0 Å². The maximum atomic E-state index is 13.1. The molecule has 0 aliphatic heterocycles. The van der Waals surface area contributed by atoms with E-state index in [0.717, 1.165) is 18.2 Å². The van der Waals surface area contributed by atoms with Crippen LogP contribution in [0.2, 0.25) is 0 Å². The number of benzene rings is 1. The summed E-state index contributed by atoms with van der Waals surface area (Å²) in [5.41, 5.74) is -0.0410. The molecule has 1 aromatic carbocycles. The molecular weight excluding hydrogens is 276 g/mol. The largest absolute Gasteiger partial charge is 0.573 e. The van der Waals surface area contributed by atoms with E-state index in [1.165, 1.54) is 0 Å². The minimum Gasteiger partial charge on any atom is -0.403 e. The van der Waals surface area contributed by atoms with Crippen LogP contribution in [0.3, 0.4) is 0 Å². The fraction of sp³-hybridized carbons (Fsp3) is 0.364. The standard InChI is InChI=1S/C11H9ClF4O2/c12-5-1-2-9(17)7-3-4-8(13)10(6-7)18-11(14,15)16/h3-4,6H,1-2,5H2. The van der Waals surface area contributed by atoms with E-state index in [9.17, 15) is 22.4 Å². The highest BCUT2D eigenvalue weighted by molar-refractivity contribution is 6.18.